The standard InChI is InChI=1S/C15H21NO3S/c1-20(18,19)13-9-5-8-12(10-13)15(17)14(16)11-6-3-2-4-7-11/h2-4,6-7,12-14H,5,8-10,16H2,1H3. The lowest BCUT2D eigenvalue weighted by atomic mass is 9.82. The number of hydrogen-bond donors (Lipinski definition) is 1. The summed E-state index contributed by atoms with van der Waals surface area (Å²) < 4.78 is 23.3. The molecule has 1 fully saturated rings. The zero-order valence-corrected chi connectivity index (χ0v) is 12.5. The minimum atomic E-state index is -3.08. The summed E-state index contributed by atoms with van der Waals surface area (Å²) in [6.07, 6.45) is 3.84. The third kappa shape index (κ3) is 3.46. The number of sulfone groups is 1. The summed E-state index contributed by atoms with van der Waals surface area (Å²) >= 11 is 0. The van der Waals surface area contributed by atoms with Gasteiger partial charge in [0, 0.05) is 12.2 Å². The van der Waals surface area contributed by atoms with Crippen LogP contribution in [0.4, 0.5) is 0 Å². The van der Waals surface area contributed by atoms with Crippen LogP contribution in [0.5, 0.6) is 0 Å². The third-order valence-corrected chi connectivity index (χ3v) is 5.74. The fourth-order valence-electron chi connectivity index (χ4n) is 2.87. The molecule has 1 aromatic rings. The van der Waals surface area contributed by atoms with Crippen molar-refractivity contribution in [2.75, 3.05) is 6.26 Å². The second-order valence-corrected chi connectivity index (χ2v) is 7.93. The second-order valence-electron chi connectivity index (χ2n) is 5.61. The van der Waals surface area contributed by atoms with E-state index < -0.39 is 21.1 Å². The molecular weight excluding hydrogens is 274 g/mol. The van der Waals surface area contributed by atoms with Gasteiger partial charge in [-0.15, -0.1) is 0 Å². The summed E-state index contributed by atoms with van der Waals surface area (Å²) in [5, 5.41) is -0.395. The maximum absolute atomic E-state index is 12.5. The molecule has 1 saturated carbocycles. The van der Waals surface area contributed by atoms with Gasteiger partial charge in [-0.3, -0.25) is 4.79 Å². The molecule has 1 aliphatic rings. The fourth-order valence-corrected chi connectivity index (χ4v) is 4.05. The molecule has 0 aromatic heterocycles. The van der Waals surface area contributed by atoms with Crippen molar-refractivity contribution in [1.82, 2.24) is 0 Å². The van der Waals surface area contributed by atoms with E-state index in [0.717, 1.165) is 18.4 Å². The Balaban J connectivity index is 2.09. The molecule has 3 unspecified atom stereocenters. The van der Waals surface area contributed by atoms with Gasteiger partial charge in [-0.1, -0.05) is 36.8 Å². The SMILES string of the molecule is CS(=O)(=O)C1CCCC(C(=O)C(N)c2ccccc2)C1. The van der Waals surface area contributed by atoms with Crippen molar-refractivity contribution in [3.8, 4) is 0 Å². The van der Waals surface area contributed by atoms with E-state index in [1.165, 1.54) is 6.26 Å². The molecule has 2 rings (SSSR count). The van der Waals surface area contributed by atoms with Crippen LogP contribution in [0.3, 0.4) is 0 Å². The summed E-state index contributed by atoms with van der Waals surface area (Å²) in [6, 6.07) is 8.59. The van der Waals surface area contributed by atoms with Gasteiger partial charge in [0.2, 0.25) is 0 Å². The van der Waals surface area contributed by atoms with Crippen molar-refractivity contribution in [2.24, 2.45) is 11.7 Å². The Hall–Kier alpha value is -1.20. The summed E-state index contributed by atoms with van der Waals surface area (Å²) in [5.74, 6) is -0.275. The van der Waals surface area contributed by atoms with Crippen LogP contribution in [-0.4, -0.2) is 25.7 Å². The van der Waals surface area contributed by atoms with Gasteiger partial charge in [0.25, 0.3) is 0 Å². The van der Waals surface area contributed by atoms with Crippen LogP contribution in [0.25, 0.3) is 0 Å². The van der Waals surface area contributed by atoms with Crippen molar-refractivity contribution >= 4 is 15.6 Å². The minimum Gasteiger partial charge on any atom is -0.318 e. The molecule has 0 radical (unpaired) electrons. The molecule has 5 heteroatoms. The van der Waals surface area contributed by atoms with Gasteiger partial charge in [-0.05, 0) is 24.8 Å². The number of carbonyl (C=O) groups is 1. The topological polar surface area (TPSA) is 77.2 Å². The first-order valence-corrected chi connectivity index (χ1v) is 8.88. The van der Waals surface area contributed by atoms with Gasteiger partial charge in [-0.2, -0.15) is 0 Å². The van der Waals surface area contributed by atoms with Gasteiger partial charge in [-0.25, -0.2) is 8.42 Å². The van der Waals surface area contributed by atoms with Crippen molar-refractivity contribution in [1.29, 1.82) is 0 Å². The lowest BCUT2D eigenvalue weighted by molar-refractivity contribution is -0.125. The van der Waals surface area contributed by atoms with E-state index in [0.29, 0.717) is 12.8 Å². The van der Waals surface area contributed by atoms with E-state index in [1.807, 2.05) is 30.3 Å². The molecule has 1 aromatic carbocycles. The Kier molecular flexibility index (Phi) is 4.60. The van der Waals surface area contributed by atoms with Crippen molar-refractivity contribution in [3.05, 3.63) is 35.9 Å². The Morgan fingerprint density at radius 2 is 1.90 bits per heavy atom. The first kappa shape index (κ1) is 15.2. The normalized spacial score (nSPS) is 25.1. The van der Waals surface area contributed by atoms with Crippen molar-refractivity contribution in [3.63, 3.8) is 0 Å². The van der Waals surface area contributed by atoms with E-state index in [2.05, 4.69) is 0 Å². The van der Waals surface area contributed by atoms with Crippen molar-refractivity contribution in [2.45, 2.75) is 37.0 Å². The molecule has 4 nitrogen and oxygen atoms in total. The van der Waals surface area contributed by atoms with Crippen LogP contribution in [0, 0.1) is 5.92 Å². The first-order valence-electron chi connectivity index (χ1n) is 6.92. The molecular formula is C15H21NO3S. The Labute approximate surface area is 120 Å². The Morgan fingerprint density at radius 3 is 2.50 bits per heavy atom. The highest BCUT2D eigenvalue weighted by Crippen LogP contribution is 2.31. The molecule has 0 aliphatic heterocycles. The highest BCUT2D eigenvalue weighted by molar-refractivity contribution is 7.91. The highest BCUT2D eigenvalue weighted by atomic mass is 32.2. The molecule has 3 atom stereocenters. The van der Waals surface area contributed by atoms with E-state index in [9.17, 15) is 13.2 Å². The lowest BCUT2D eigenvalue weighted by Gasteiger charge is -2.28. The lowest BCUT2D eigenvalue weighted by Crippen LogP contribution is -2.35. The summed E-state index contributed by atoms with van der Waals surface area (Å²) in [4.78, 5) is 12.5. The first-order chi connectivity index (χ1) is 9.39. The molecule has 110 valence electrons. The van der Waals surface area contributed by atoms with Crippen molar-refractivity contribution < 1.29 is 13.2 Å². The fraction of sp³-hybridized carbons (Fsp3) is 0.533. The minimum absolute atomic E-state index is 0.0375. The maximum atomic E-state index is 12.5. The number of hydrogen-bond acceptors (Lipinski definition) is 4. The van der Waals surface area contributed by atoms with Crippen LogP contribution in [0.1, 0.15) is 37.3 Å². The van der Waals surface area contributed by atoms with Crippen LogP contribution in [0.2, 0.25) is 0 Å². The van der Waals surface area contributed by atoms with Gasteiger partial charge in [0.1, 0.15) is 9.84 Å². The van der Waals surface area contributed by atoms with Gasteiger partial charge in [0.15, 0.2) is 5.78 Å². The molecule has 0 amide bonds. The monoisotopic (exact) mass is 295 g/mol. The average Bonchev–Trinajstić information content (AvgIpc) is 2.46. The average molecular weight is 295 g/mol. The zero-order valence-electron chi connectivity index (χ0n) is 11.7. The van der Waals surface area contributed by atoms with Crippen LogP contribution in [0.15, 0.2) is 30.3 Å². The van der Waals surface area contributed by atoms with Gasteiger partial charge >= 0.3 is 0 Å². The Morgan fingerprint density at radius 1 is 1.25 bits per heavy atom. The third-order valence-electron chi connectivity index (χ3n) is 4.10. The van der Waals surface area contributed by atoms with Gasteiger partial charge < -0.3 is 5.73 Å². The number of benzene rings is 1. The number of carbonyl (C=O) groups excluding carboxylic acids is 1. The smallest absolute Gasteiger partial charge is 0.157 e. The van der Waals surface area contributed by atoms with Gasteiger partial charge in [0.05, 0.1) is 11.3 Å². The molecule has 0 spiro atoms. The molecule has 2 N–H and O–H groups in total. The molecule has 1 aliphatic carbocycles. The predicted molar refractivity (Wildman–Crippen MR) is 79.0 cm³/mol. The molecule has 0 saturated heterocycles. The summed E-state index contributed by atoms with van der Waals surface area (Å²) in [7, 11) is -3.08. The number of rotatable bonds is 4. The van der Waals surface area contributed by atoms with E-state index in [4.69, 9.17) is 5.73 Å². The Bertz CT molecular complexity index is 568. The maximum Gasteiger partial charge on any atom is 0.157 e. The van der Waals surface area contributed by atoms with Crippen LogP contribution >= 0.6 is 0 Å². The second kappa shape index (κ2) is 6.06. The molecule has 0 heterocycles. The quantitative estimate of drug-likeness (QED) is 0.919. The largest absolute Gasteiger partial charge is 0.318 e. The highest BCUT2D eigenvalue weighted by Gasteiger charge is 2.34. The van der Waals surface area contributed by atoms with E-state index in [1.54, 1.807) is 0 Å². The number of nitrogens with two attached hydrogens (primary N) is 1. The van der Waals surface area contributed by atoms with Crippen LogP contribution in [-0.2, 0) is 14.6 Å². The van der Waals surface area contributed by atoms with E-state index in [-0.39, 0.29) is 11.7 Å². The summed E-state index contributed by atoms with van der Waals surface area (Å²) in [6.45, 7) is 0. The van der Waals surface area contributed by atoms with Crippen LogP contribution < -0.4 is 5.73 Å². The number of ketones is 1. The summed E-state index contributed by atoms with van der Waals surface area (Å²) in [5.41, 5.74) is 6.82. The zero-order chi connectivity index (χ0) is 14.8. The number of Topliss-reactive ketones (excluding diaryl/α,β-unsaturated/α-hetero) is 1. The van der Waals surface area contributed by atoms with E-state index >= 15 is 0 Å². The molecule has 0 bridgehead atoms. The molecule has 20 heavy (non-hydrogen) atoms. The predicted octanol–water partition coefficient (Wildman–Crippen LogP) is 1.86.